The molecule has 0 amide bonds. The molecule has 0 radical (unpaired) electrons. The van der Waals surface area contributed by atoms with E-state index in [0.717, 1.165) is 5.56 Å². The van der Waals surface area contributed by atoms with Gasteiger partial charge in [-0.05, 0) is 35.7 Å². The third kappa shape index (κ3) is 5.32. The average molecular weight is 344 g/mol. The van der Waals surface area contributed by atoms with Gasteiger partial charge in [0.15, 0.2) is 0 Å². The third-order valence-corrected chi connectivity index (χ3v) is 4.91. The van der Waals surface area contributed by atoms with Gasteiger partial charge in [0.25, 0.3) is 0 Å². The lowest BCUT2D eigenvalue weighted by Crippen LogP contribution is -2.27. The molecule has 0 aliphatic rings. The lowest BCUT2D eigenvalue weighted by atomic mass is 10.2. The van der Waals surface area contributed by atoms with Gasteiger partial charge in [-0.25, -0.2) is 13.1 Å². The second-order valence-corrected chi connectivity index (χ2v) is 7.27. The van der Waals surface area contributed by atoms with Crippen LogP contribution in [0.2, 0.25) is 10.0 Å². The lowest BCUT2D eigenvalue weighted by molar-refractivity contribution is 0.581. The summed E-state index contributed by atoms with van der Waals surface area (Å²) in [5.74, 6) is -0.118. The molecule has 0 heterocycles. The molecule has 1 N–H and O–H groups in total. The molecule has 0 aliphatic carbocycles. The van der Waals surface area contributed by atoms with Crippen molar-refractivity contribution >= 4 is 33.2 Å². The molecule has 0 saturated carbocycles. The molecular weight excluding hydrogens is 329 g/mol. The first-order valence-electron chi connectivity index (χ1n) is 6.41. The number of sulfonamides is 1. The Bertz CT molecular complexity index is 700. The monoisotopic (exact) mass is 343 g/mol. The highest BCUT2D eigenvalue weighted by atomic mass is 35.5. The van der Waals surface area contributed by atoms with Gasteiger partial charge < -0.3 is 0 Å². The number of hydrogen-bond acceptors (Lipinski definition) is 2. The molecule has 0 fully saturated rings. The molecule has 0 spiro atoms. The van der Waals surface area contributed by atoms with E-state index in [4.69, 9.17) is 23.2 Å². The SMILES string of the molecule is O=S(=O)(Cc1ccccc1Cl)NCCc1ccc(Cl)cc1. The predicted molar refractivity (Wildman–Crippen MR) is 87.2 cm³/mol. The van der Waals surface area contributed by atoms with Crippen LogP contribution in [0.3, 0.4) is 0 Å². The van der Waals surface area contributed by atoms with Crippen LogP contribution in [0.15, 0.2) is 48.5 Å². The van der Waals surface area contributed by atoms with Crippen molar-refractivity contribution in [2.45, 2.75) is 12.2 Å². The molecule has 0 saturated heterocycles. The van der Waals surface area contributed by atoms with Crippen LogP contribution in [0.5, 0.6) is 0 Å². The molecule has 21 heavy (non-hydrogen) atoms. The second-order valence-electron chi connectivity index (χ2n) is 4.62. The van der Waals surface area contributed by atoms with Crippen LogP contribution in [-0.4, -0.2) is 15.0 Å². The fourth-order valence-electron chi connectivity index (χ4n) is 1.87. The molecule has 2 rings (SSSR count). The van der Waals surface area contributed by atoms with E-state index < -0.39 is 10.0 Å². The number of nitrogens with one attached hydrogen (secondary N) is 1. The van der Waals surface area contributed by atoms with Crippen LogP contribution in [-0.2, 0) is 22.2 Å². The molecule has 0 atom stereocenters. The average Bonchev–Trinajstić information content (AvgIpc) is 2.43. The summed E-state index contributed by atoms with van der Waals surface area (Å²) in [6.07, 6.45) is 0.610. The molecule has 2 aromatic carbocycles. The normalized spacial score (nSPS) is 11.5. The summed E-state index contributed by atoms with van der Waals surface area (Å²) in [6.45, 7) is 0.342. The molecule has 6 heteroatoms. The Labute approximate surface area is 135 Å². The maximum absolute atomic E-state index is 12.0. The van der Waals surface area contributed by atoms with Gasteiger partial charge in [-0.15, -0.1) is 0 Å². The Balaban J connectivity index is 1.90. The molecule has 0 aromatic heterocycles. The van der Waals surface area contributed by atoms with Crippen molar-refractivity contribution in [1.82, 2.24) is 4.72 Å². The Morgan fingerprint density at radius 2 is 1.62 bits per heavy atom. The molecule has 0 bridgehead atoms. The van der Waals surface area contributed by atoms with Crippen molar-refractivity contribution in [3.8, 4) is 0 Å². The van der Waals surface area contributed by atoms with E-state index in [0.29, 0.717) is 28.6 Å². The Kier molecular flexibility index (Phi) is 5.65. The maximum atomic E-state index is 12.0. The molecule has 3 nitrogen and oxygen atoms in total. The minimum absolute atomic E-state index is 0.118. The quantitative estimate of drug-likeness (QED) is 0.869. The zero-order chi connectivity index (χ0) is 15.3. The molecular formula is C15H15Cl2NO2S. The standard InChI is InChI=1S/C15H15Cl2NO2S/c16-14-7-5-12(6-8-14)9-10-18-21(19,20)11-13-3-1-2-4-15(13)17/h1-8,18H,9-11H2. The Morgan fingerprint density at radius 1 is 0.952 bits per heavy atom. The van der Waals surface area contributed by atoms with Gasteiger partial charge in [0.1, 0.15) is 0 Å². The summed E-state index contributed by atoms with van der Waals surface area (Å²) in [5, 5.41) is 1.12. The van der Waals surface area contributed by atoms with Crippen molar-refractivity contribution in [3.05, 3.63) is 69.7 Å². The first-order valence-corrected chi connectivity index (χ1v) is 8.82. The van der Waals surface area contributed by atoms with E-state index in [1.807, 2.05) is 12.1 Å². The van der Waals surface area contributed by atoms with Crippen LogP contribution in [0.25, 0.3) is 0 Å². The van der Waals surface area contributed by atoms with Crippen molar-refractivity contribution in [2.75, 3.05) is 6.54 Å². The zero-order valence-electron chi connectivity index (χ0n) is 11.2. The summed E-state index contributed by atoms with van der Waals surface area (Å²) in [6, 6.07) is 14.3. The van der Waals surface area contributed by atoms with E-state index in [-0.39, 0.29) is 5.75 Å². The first-order chi connectivity index (χ1) is 9.96. The maximum Gasteiger partial charge on any atom is 0.215 e. The van der Waals surface area contributed by atoms with E-state index in [1.54, 1.807) is 36.4 Å². The topological polar surface area (TPSA) is 46.2 Å². The number of hydrogen-bond donors (Lipinski definition) is 1. The Morgan fingerprint density at radius 3 is 2.29 bits per heavy atom. The van der Waals surface area contributed by atoms with Gasteiger partial charge in [-0.1, -0.05) is 53.5 Å². The summed E-state index contributed by atoms with van der Waals surface area (Å²) < 4.78 is 26.6. The fraction of sp³-hybridized carbons (Fsp3) is 0.200. The summed E-state index contributed by atoms with van der Waals surface area (Å²) >= 11 is 11.8. The minimum Gasteiger partial charge on any atom is -0.215 e. The second kappa shape index (κ2) is 7.27. The third-order valence-electron chi connectivity index (χ3n) is 2.95. The van der Waals surface area contributed by atoms with Gasteiger partial charge in [0, 0.05) is 16.6 Å². The van der Waals surface area contributed by atoms with Crippen molar-refractivity contribution in [1.29, 1.82) is 0 Å². The molecule has 112 valence electrons. The lowest BCUT2D eigenvalue weighted by Gasteiger charge is -2.08. The van der Waals surface area contributed by atoms with E-state index >= 15 is 0 Å². The highest BCUT2D eigenvalue weighted by Crippen LogP contribution is 2.17. The van der Waals surface area contributed by atoms with E-state index in [9.17, 15) is 8.42 Å². The van der Waals surface area contributed by atoms with Gasteiger partial charge in [-0.2, -0.15) is 0 Å². The van der Waals surface area contributed by atoms with Crippen LogP contribution >= 0.6 is 23.2 Å². The van der Waals surface area contributed by atoms with Crippen molar-refractivity contribution in [3.63, 3.8) is 0 Å². The highest BCUT2D eigenvalue weighted by Gasteiger charge is 2.12. The first kappa shape index (κ1) is 16.3. The summed E-state index contributed by atoms with van der Waals surface area (Å²) in [4.78, 5) is 0. The van der Waals surface area contributed by atoms with Crippen LogP contribution < -0.4 is 4.72 Å². The van der Waals surface area contributed by atoms with Crippen molar-refractivity contribution in [2.24, 2.45) is 0 Å². The van der Waals surface area contributed by atoms with E-state index in [2.05, 4.69) is 4.72 Å². The van der Waals surface area contributed by atoms with Crippen LogP contribution in [0, 0.1) is 0 Å². The fourth-order valence-corrected chi connectivity index (χ4v) is 3.46. The van der Waals surface area contributed by atoms with Crippen LogP contribution in [0.1, 0.15) is 11.1 Å². The summed E-state index contributed by atoms with van der Waals surface area (Å²) in [5.41, 5.74) is 1.62. The van der Waals surface area contributed by atoms with Gasteiger partial charge in [-0.3, -0.25) is 0 Å². The Hall–Kier alpha value is -1.07. The van der Waals surface area contributed by atoms with Crippen molar-refractivity contribution < 1.29 is 8.42 Å². The summed E-state index contributed by atoms with van der Waals surface area (Å²) in [7, 11) is -3.40. The van der Waals surface area contributed by atoms with Gasteiger partial charge in [0.2, 0.25) is 10.0 Å². The van der Waals surface area contributed by atoms with Gasteiger partial charge >= 0.3 is 0 Å². The largest absolute Gasteiger partial charge is 0.215 e. The van der Waals surface area contributed by atoms with E-state index in [1.165, 1.54) is 0 Å². The highest BCUT2D eigenvalue weighted by molar-refractivity contribution is 7.88. The van der Waals surface area contributed by atoms with Gasteiger partial charge in [0.05, 0.1) is 5.75 Å². The number of benzene rings is 2. The van der Waals surface area contributed by atoms with Crippen LogP contribution in [0.4, 0.5) is 0 Å². The molecule has 2 aromatic rings. The molecule has 0 unspecified atom stereocenters. The minimum atomic E-state index is -3.40. The number of rotatable bonds is 6. The smallest absolute Gasteiger partial charge is 0.215 e. The number of halogens is 2. The predicted octanol–water partition coefficient (Wildman–Crippen LogP) is 3.66. The molecule has 0 aliphatic heterocycles. The zero-order valence-corrected chi connectivity index (χ0v) is 13.5.